The molecule has 0 radical (unpaired) electrons. The summed E-state index contributed by atoms with van der Waals surface area (Å²) in [4.78, 5) is 33.9. The molecule has 0 saturated heterocycles. The quantitative estimate of drug-likeness (QED) is 0.396. The van der Waals surface area contributed by atoms with Crippen molar-refractivity contribution in [3.8, 4) is 11.5 Å². The van der Waals surface area contributed by atoms with Gasteiger partial charge in [0.25, 0.3) is 0 Å². The Morgan fingerprint density at radius 1 is 0.880 bits per heavy atom. The fourth-order valence-corrected chi connectivity index (χ4v) is 2.05. The Kier molecular flexibility index (Phi) is 6.71. The van der Waals surface area contributed by atoms with Gasteiger partial charge in [0.1, 0.15) is 18.1 Å². The molecule has 0 fully saturated rings. The molecule has 2 rings (SSSR count). The predicted molar refractivity (Wildman–Crippen MR) is 90.0 cm³/mol. The van der Waals surface area contributed by atoms with Gasteiger partial charge in [0, 0.05) is 11.1 Å². The van der Waals surface area contributed by atoms with Crippen LogP contribution in [0.4, 0.5) is 0 Å². The molecule has 0 N–H and O–H groups in total. The van der Waals surface area contributed by atoms with Crippen molar-refractivity contribution < 1.29 is 28.6 Å². The summed E-state index contributed by atoms with van der Waals surface area (Å²) in [6, 6.07) is 13.0. The van der Waals surface area contributed by atoms with Crippen LogP contribution in [0.25, 0.3) is 0 Å². The fraction of sp³-hybridized carbons (Fsp3) is 0.211. The highest BCUT2D eigenvalue weighted by Gasteiger charge is 2.10. The maximum absolute atomic E-state index is 12.4. The Morgan fingerprint density at radius 3 is 1.88 bits per heavy atom. The molecule has 0 heterocycles. The van der Waals surface area contributed by atoms with Gasteiger partial charge in [-0.2, -0.15) is 0 Å². The van der Waals surface area contributed by atoms with Crippen molar-refractivity contribution in [2.75, 3.05) is 19.8 Å². The standard InChI is InChI=1S/C19H18O6/c1-2-23-18(21)13-25-17-9-5-15(6-10-17)19(22)14-3-7-16(8-4-14)24-12-11-20/h3-11H,2,12-13H2,1H3. The van der Waals surface area contributed by atoms with Gasteiger partial charge in [0.2, 0.25) is 0 Å². The number of ether oxygens (including phenoxy) is 3. The molecule has 25 heavy (non-hydrogen) atoms. The molecule has 0 spiro atoms. The number of aldehydes is 1. The molecule has 2 aromatic carbocycles. The van der Waals surface area contributed by atoms with Gasteiger partial charge in [0.15, 0.2) is 18.7 Å². The zero-order chi connectivity index (χ0) is 18.1. The van der Waals surface area contributed by atoms with E-state index in [1.807, 2.05) is 0 Å². The van der Waals surface area contributed by atoms with Crippen molar-refractivity contribution in [2.45, 2.75) is 6.92 Å². The minimum Gasteiger partial charge on any atom is -0.486 e. The molecular weight excluding hydrogens is 324 g/mol. The van der Waals surface area contributed by atoms with Crippen LogP contribution < -0.4 is 9.47 Å². The monoisotopic (exact) mass is 342 g/mol. The summed E-state index contributed by atoms with van der Waals surface area (Å²) >= 11 is 0. The van der Waals surface area contributed by atoms with Crippen LogP contribution in [0.15, 0.2) is 48.5 Å². The van der Waals surface area contributed by atoms with Crippen LogP contribution in [0.2, 0.25) is 0 Å². The number of hydrogen-bond acceptors (Lipinski definition) is 6. The number of carbonyl (C=O) groups excluding carboxylic acids is 3. The Labute approximate surface area is 145 Å². The van der Waals surface area contributed by atoms with Crippen molar-refractivity contribution in [2.24, 2.45) is 0 Å². The molecule has 0 aromatic heterocycles. The maximum Gasteiger partial charge on any atom is 0.344 e. The van der Waals surface area contributed by atoms with Crippen molar-refractivity contribution >= 4 is 18.0 Å². The summed E-state index contributed by atoms with van der Waals surface area (Å²) in [6.45, 7) is 1.82. The van der Waals surface area contributed by atoms with Gasteiger partial charge >= 0.3 is 5.97 Å². The first-order valence-electron chi connectivity index (χ1n) is 7.73. The van der Waals surface area contributed by atoms with Gasteiger partial charge < -0.3 is 14.2 Å². The van der Waals surface area contributed by atoms with E-state index in [1.165, 1.54) is 0 Å². The van der Waals surface area contributed by atoms with Gasteiger partial charge in [-0.25, -0.2) is 4.79 Å². The third-order valence-electron chi connectivity index (χ3n) is 3.21. The third-order valence-corrected chi connectivity index (χ3v) is 3.21. The first kappa shape index (κ1) is 18.2. The Balaban J connectivity index is 1.97. The molecule has 0 aliphatic heterocycles. The van der Waals surface area contributed by atoms with Gasteiger partial charge in [0.05, 0.1) is 6.61 Å². The second-order valence-corrected chi connectivity index (χ2v) is 4.95. The van der Waals surface area contributed by atoms with Crippen molar-refractivity contribution in [1.82, 2.24) is 0 Å². The molecule has 0 aliphatic rings. The molecule has 0 amide bonds. The minimum absolute atomic E-state index is 0.0272. The number of carbonyl (C=O) groups is 3. The summed E-state index contributed by atoms with van der Waals surface area (Å²) < 4.78 is 15.2. The normalized spacial score (nSPS) is 9.96. The predicted octanol–water partition coefficient (Wildman–Crippen LogP) is 2.44. The Morgan fingerprint density at radius 2 is 1.40 bits per heavy atom. The second kappa shape index (κ2) is 9.22. The first-order valence-corrected chi connectivity index (χ1v) is 7.73. The van der Waals surface area contributed by atoms with E-state index >= 15 is 0 Å². The van der Waals surface area contributed by atoms with E-state index in [0.717, 1.165) is 0 Å². The van der Waals surface area contributed by atoms with Gasteiger partial charge in [-0.1, -0.05) is 0 Å². The van der Waals surface area contributed by atoms with Crippen LogP contribution in [-0.2, 0) is 14.3 Å². The van der Waals surface area contributed by atoms with Crippen LogP contribution in [0, 0.1) is 0 Å². The van der Waals surface area contributed by atoms with E-state index in [2.05, 4.69) is 0 Å². The average molecular weight is 342 g/mol. The lowest BCUT2D eigenvalue weighted by molar-refractivity contribution is -0.145. The van der Waals surface area contributed by atoms with Gasteiger partial charge in [-0.15, -0.1) is 0 Å². The zero-order valence-electron chi connectivity index (χ0n) is 13.8. The average Bonchev–Trinajstić information content (AvgIpc) is 2.65. The summed E-state index contributed by atoms with van der Waals surface area (Å²) in [5.41, 5.74) is 0.990. The molecule has 6 heteroatoms. The van der Waals surface area contributed by atoms with Crippen molar-refractivity contribution in [3.05, 3.63) is 59.7 Å². The Hall–Kier alpha value is -3.15. The summed E-state index contributed by atoms with van der Waals surface area (Å²) in [7, 11) is 0. The highest BCUT2D eigenvalue weighted by atomic mass is 16.6. The highest BCUT2D eigenvalue weighted by molar-refractivity contribution is 6.09. The fourth-order valence-electron chi connectivity index (χ4n) is 2.05. The third kappa shape index (κ3) is 5.46. The Bertz CT molecular complexity index is 719. The topological polar surface area (TPSA) is 78.9 Å². The molecule has 130 valence electrons. The van der Waals surface area contributed by atoms with E-state index in [4.69, 9.17) is 14.2 Å². The molecule has 0 unspecified atom stereocenters. The van der Waals surface area contributed by atoms with Crippen LogP contribution in [0.3, 0.4) is 0 Å². The number of benzene rings is 2. The van der Waals surface area contributed by atoms with Crippen LogP contribution in [0.5, 0.6) is 11.5 Å². The summed E-state index contributed by atoms with van der Waals surface area (Å²) in [5, 5.41) is 0. The molecule has 0 atom stereocenters. The number of rotatable bonds is 9. The number of esters is 1. The molecule has 0 bridgehead atoms. The summed E-state index contributed by atoms with van der Waals surface area (Å²) in [5.74, 6) is 0.395. The van der Waals surface area contributed by atoms with E-state index in [1.54, 1.807) is 55.5 Å². The number of hydrogen-bond donors (Lipinski definition) is 0. The van der Waals surface area contributed by atoms with E-state index in [0.29, 0.717) is 35.5 Å². The lowest BCUT2D eigenvalue weighted by Crippen LogP contribution is -2.14. The molecule has 0 saturated carbocycles. The molecular formula is C19H18O6. The zero-order valence-corrected chi connectivity index (χ0v) is 13.8. The lowest BCUT2D eigenvalue weighted by Gasteiger charge is -2.07. The molecule has 6 nitrogen and oxygen atoms in total. The number of ketones is 1. The van der Waals surface area contributed by atoms with Crippen molar-refractivity contribution in [3.63, 3.8) is 0 Å². The van der Waals surface area contributed by atoms with E-state index in [9.17, 15) is 14.4 Å². The first-order chi connectivity index (χ1) is 12.1. The van der Waals surface area contributed by atoms with Crippen molar-refractivity contribution in [1.29, 1.82) is 0 Å². The van der Waals surface area contributed by atoms with Crippen LogP contribution in [0.1, 0.15) is 22.8 Å². The van der Waals surface area contributed by atoms with E-state index in [-0.39, 0.29) is 19.0 Å². The van der Waals surface area contributed by atoms with Gasteiger partial charge in [-0.3, -0.25) is 9.59 Å². The van der Waals surface area contributed by atoms with E-state index < -0.39 is 5.97 Å². The lowest BCUT2D eigenvalue weighted by atomic mass is 10.0. The smallest absolute Gasteiger partial charge is 0.344 e. The molecule has 2 aromatic rings. The second-order valence-electron chi connectivity index (χ2n) is 4.95. The highest BCUT2D eigenvalue weighted by Crippen LogP contribution is 2.18. The SMILES string of the molecule is CCOC(=O)COc1ccc(C(=O)c2ccc(OCC=O)cc2)cc1. The van der Waals surface area contributed by atoms with Crippen LogP contribution in [-0.4, -0.2) is 37.9 Å². The summed E-state index contributed by atoms with van der Waals surface area (Å²) in [6.07, 6.45) is 0.657. The largest absolute Gasteiger partial charge is 0.486 e. The van der Waals surface area contributed by atoms with Gasteiger partial charge in [-0.05, 0) is 55.5 Å². The minimum atomic E-state index is -0.445. The molecule has 0 aliphatic carbocycles. The maximum atomic E-state index is 12.4. The van der Waals surface area contributed by atoms with Crippen LogP contribution >= 0.6 is 0 Å².